The van der Waals surface area contributed by atoms with Gasteiger partial charge in [0.2, 0.25) is 0 Å². The van der Waals surface area contributed by atoms with Crippen LogP contribution in [-0.2, 0) is 6.18 Å². The van der Waals surface area contributed by atoms with E-state index in [2.05, 4.69) is 46.8 Å². The van der Waals surface area contributed by atoms with E-state index >= 15 is 0 Å². The van der Waals surface area contributed by atoms with Crippen molar-refractivity contribution in [3.05, 3.63) is 78.3 Å². The van der Waals surface area contributed by atoms with Crippen LogP contribution in [0, 0.1) is 0 Å². The number of aliphatic hydroxyl groups is 1. The average Bonchev–Trinajstić information content (AvgIpc) is 3.56. The van der Waals surface area contributed by atoms with Gasteiger partial charge in [0.05, 0.1) is 29.4 Å². The van der Waals surface area contributed by atoms with Gasteiger partial charge in [-0.2, -0.15) is 13.2 Å². The molecule has 1 fully saturated rings. The number of likely N-dealkylation sites (N-methyl/N-ethyl adjacent to an activating group) is 1. The van der Waals surface area contributed by atoms with Gasteiger partial charge in [-0.1, -0.05) is 25.3 Å². The number of rotatable bonds is 5. The fraction of sp³-hybridized carbons (Fsp3) is 0.400. The number of hydrogen-bond donors (Lipinski definition) is 3. The lowest BCUT2D eigenvalue weighted by Crippen LogP contribution is -2.36. The molecule has 3 N–H and O–H groups in total. The Balaban J connectivity index is 0.000000188. The Morgan fingerprint density at radius 3 is 2.39 bits per heavy atom. The Hall–Kier alpha value is -3.00. The lowest BCUT2D eigenvalue weighted by Gasteiger charge is -2.30. The first-order chi connectivity index (χ1) is 15.4. The Labute approximate surface area is 193 Å². The second kappa shape index (κ2) is 9.47. The van der Waals surface area contributed by atoms with Crippen molar-refractivity contribution in [3.8, 4) is 0 Å². The molecule has 0 spiro atoms. The highest BCUT2D eigenvalue weighted by molar-refractivity contribution is 5.72. The number of anilines is 2. The van der Waals surface area contributed by atoms with E-state index in [-0.39, 0.29) is 0 Å². The molecule has 0 bridgehead atoms. The summed E-state index contributed by atoms with van der Waals surface area (Å²) in [5.41, 5.74) is 2.26. The fourth-order valence-electron chi connectivity index (χ4n) is 3.79. The molecule has 0 amide bonds. The Morgan fingerprint density at radius 2 is 1.88 bits per heavy atom. The number of pyridine rings is 1. The van der Waals surface area contributed by atoms with Gasteiger partial charge >= 0.3 is 6.18 Å². The highest BCUT2D eigenvalue weighted by Crippen LogP contribution is 2.42. The van der Waals surface area contributed by atoms with Crippen LogP contribution in [0.2, 0.25) is 0 Å². The van der Waals surface area contributed by atoms with Crippen LogP contribution in [0.25, 0.3) is 0 Å². The molecule has 1 aromatic carbocycles. The molecule has 8 heteroatoms. The number of nitrogens with one attached hydrogen (secondary N) is 2. The van der Waals surface area contributed by atoms with Crippen LogP contribution in [0.4, 0.5) is 24.7 Å². The van der Waals surface area contributed by atoms with Gasteiger partial charge in [-0.15, -0.1) is 0 Å². The number of halogens is 3. The minimum atomic E-state index is -4.35. The largest absolute Gasteiger partial charge is 0.416 e. The molecule has 4 rings (SSSR count). The third-order valence-electron chi connectivity index (χ3n) is 5.60. The average molecular weight is 461 g/mol. The molecule has 2 heterocycles. The molecule has 0 radical (unpaired) electrons. The van der Waals surface area contributed by atoms with Gasteiger partial charge in [-0.05, 0) is 68.1 Å². The summed E-state index contributed by atoms with van der Waals surface area (Å²) in [6, 6.07) is 6.40. The van der Waals surface area contributed by atoms with Crippen molar-refractivity contribution >= 4 is 11.5 Å². The minimum Gasteiger partial charge on any atom is -0.388 e. The lowest BCUT2D eigenvalue weighted by molar-refractivity contribution is -0.137. The third kappa shape index (κ3) is 6.28. The van der Waals surface area contributed by atoms with Crippen molar-refractivity contribution in [3.63, 3.8) is 0 Å². The molecule has 0 saturated heterocycles. The summed E-state index contributed by atoms with van der Waals surface area (Å²) in [7, 11) is 2.05. The van der Waals surface area contributed by atoms with Crippen LogP contribution < -0.4 is 15.5 Å². The number of aromatic nitrogens is 1. The molecule has 2 aromatic rings. The predicted molar refractivity (Wildman–Crippen MR) is 126 cm³/mol. The minimum absolute atomic E-state index is 0.516. The number of nitrogens with zero attached hydrogens (tertiary/aromatic N) is 2. The molecular formula is C25H31F3N4O. The Kier molecular flexibility index (Phi) is 7.07. The second-order valence-corrected chi connectivity index (χ2v) is 9.08. The quantitative estimate of drug-likeness (QED) is 0.543. The van der Waals surface area contributed by atoms with Crippen molar-refractivity contribution < 1.29 is 18.3 Å². The van der Waals surface area contributed by atoms with Crippen LogP contribution in [-0.4, -0.2) is 29.3 Å². The SMILES string of the molecule is C=C1CN(C)c2ncc(C3CC3)cc2N1.C=CNC(c1ccc(C(F)(F)F)cc1)C(C)(C)O. The van der Waals surface area contributed by atoms with E-state index in [1.165, 1.54) is 36.7 Å². The zero-order chi connectivity index (χ0) is 24.4. The van der Waals surface area contributed by atoms with Crippen LogP contribution in [0.5, 0.6) is 0 Å². The smallest absolute Gasteiger partial charge is 0.388 e. The molecule has 2 aliphatic rings. The monoisotopic (exact) mass is 460 g/mol. The van der Waals surface area contributed by atoms with Crippen molar-refractivity contribution in [1.82, 2.24) is 10.3 Å². The molecule has 1 atom stereocenters. The molecule has 178 valence electrons. The van der Waals surface area contributed by atoms with Crippen molar-refractivity contribution in [2.24, 2.45) is 0 Å². The van der Waals surface area contributed by atoms with Crippen molar-refractivity contribution in [2.45, 2.75) is 50.4 Å². The summed E-state index contributed by atoms with van der Waals surface area (Å²) in [6.07, 6.45) is 1.70. The zero-order valence-corrected chi connectivity index (χ0v) is 19.2. The first-order valence-electron chi connectivity index (χ1n) is 10.8. The summed E-state index contributed by atoms with van der Waals surface area (Å²) in [4.78, 5) is 6.65. The summed E-state index contributed by atoms with van der Waals surface area (Å²) >= 11 is 0. The zero-order valence-electron chi connectivity index (χ0n) is 19.2. The maximum Gasteiger partial charge on any atom is 0.416 e. The van der Waals surface area contributed by atoms with E-state index in [1.54, 1.807) is 13.8 Å². The number of benzene rings is 1. The van der Waals surface area contributed by atoms with Gasteiger partial charge in [-0.25, -0.2) is 4.98 Å². The van der Waals surface area contributed by atoms with Gasteiger partial charge in [0.25, 0.3) is 0 Å². The van der Waals surface area contributed by atoms with Crippen LogP contribution in [0.1, 0.15) is 55.3 Å². The third-order valence-corrected chi connectivity index (χ3v) is 5.60. The summed E-state index contributed by atoms with van der Waals surface area (Å²) in [6.45, 7) is 11.5. The van der Waals surface area contributed by atoms with Crippen LogP contribution >= 0.6 is 0 Å². The van der Waals surface area contributed by atoms with Crippen LogP contribution in [0.3, 0.4) is 0 Å². The number of hydrogen-bond acceptors (Lipinski definition) is 5. The highest BCUT2D eigenvalue weighted by atomic mass is 19.4. The molecule has 33 heavy (non-hydrogen) atoms. The van der Waals surface area contributed by atoms with Crippen molar-refractivity contribution in [1.29, 1.82) is 0 Å². The summed E-state index contributed by atoms with van der Waals surface area (Å²) in [5.74, 6) is 1.79. The maximum atomic E-state index is 12.4. The Bertz CT molecular complexity index is 992. The molecule has 1 saturated carbocycles. The molecule has 1 aliphatic carbocycles. The van der Waals surface area contributed by atoms with Crippen molar-refractivity contribution in [2.75, 3.05) is 23.8 Å². The first-order valence-corrected chi connectivity index (χ1v) is 10.8. The molecule has 5 nitrogen and oxygen atoms in total. The van der Waals surface area contributed by atoms with E-state index in [0.717, 1.165) is 41.8 Å². The predicted octanol–water partition coefficient (Wildman–Crippen LogP) is 5.58. The van der Waals surface area contributed by atoms with Gasteiger partial charge in [0.15, 0.2) is 5.82 Å². The topological polar surface area (TPSA) is 60.4 Å². The van der Waals surface area contributed by atoms with Gasteiger partial charge in [0, 0.05) is 18.9 Å². The number of alkyl halides is 3. The summed E-state index contributed by atoms with van der Waals surface area (Å²) < 4.78 is 37.3. The maximum absolute atomic E-state index is 12.4. The van der Waals surface area contributed by atoms with Gasteiger partial charge < -0.3 is 20.6 Å². The molecule has 1 aromatic heterocycles. The Morgan fingerprint density at radius 1 is 1.24 bits per heavy atom. The number of fused-ring (bicyclic) bond motifs is 1. The highest BCUT2D eigenvalue weighted by Gasteiger charge is 2.32. The second-order valence-electron chi connectivity index (χ2n) is 9.08. The summed E-state index contributed by atoms with van der Waals surface area (Å²) in [5, 5.41) is 16.1. The van der Waals surface area contributed by atoms with Gasteiger partial charge in [0.1, 0.15) is 0 Å². The van der Waals surface area contributed by atoms with E-state index in [4.69, 9.17) is 0 Å². The van der Waals surface area contributed by atoms with Gasteiger partial charge in [-0.3, -0.25) is 0 Å². The van der Waals surface area contributed by atoms with Crippen LogP contribution in [0.15, 0.2) is 61.6 Å². The van der Waals surface area contributed by atoms with E-state index < -0.39 is 23.4 Å². The lowest BCUT2D eigenvalue weighted by atomic mass is 9.91. The standard InChI is InChI=1S/C13H16F3NO.C12H15N3/c1-4-17-11(12(2,3)18)9-5-7-10(8-6-9)13(14,15)16;1-8-7-15(2)12-11(14-8)5-10(6-13-12)9-3-4-9/h4-8,11,17-18H,1H2,2-3H3;5-6,9,14H,1,3-4,7H2,2H3. The van der Waals surface area contributed by atoms with E-state index in [0.29, 0.717) is 5.56 Å². The molecule has 1 unspecified atom stereocenters. The molecular weight excluding hydrogens is 429 g/mol. The molecule has 1 aliphatic heterocycles. The normalized spacial score (nSPS) is 16.7. The van der Waals surface area contributed by atoms with E-state index in [9.17, 15) is 18.3 Å². The fourth-order valence-corrected chi connectivity index (χ4v) is 3.79. The van der Waals surface area contributed by atoms with E-state index in [1.807, 2.05) is 6.20 Å². The first kappa shape index (κ1) is 24.6.